The van der Waals surface area contributed by atoms with E-state index in [0.717, 1.165) is 0 Å². The van der Waals surface area contributed by atoms with Gasteiger partial charge >= 0.3 is 0 Å². The summed E-state index contributed by atoms with van der Waals surface area (Å²) in [7, 11) is 0. The quantitative estimate of drug-likeness (QED) is 0.768. The van der Waals surface area contributed by atoms with Crippen LogP contribution >= 0.6 is 11.6 Å². The summed E-state index contributed by atoms with van der Waals surface area (Å²) in [6.07, 6.45) is 4.43. The lowest BCUT2D eigenvalue weighted by Gasteiger charge is -2.10. The fraction of sp³-hybridized carbons (Fsp3) is 0.200. The van der Waals surface area contributed by atoms with Crippen LogP contribution in [0.15, 0.2) is 43.0 Å². The minimum atomic E-state index is -0.573. The van der Waals surface area contributed by atoms with Gasteiger partial charge in [0.25, 0.3) is 5.91 Å². The van der Waals surface area contributed by atoms with Crippen molar-refractivity contribution in [2.45, 2.75) is 19.5 Å². The van der Waals surface area contributed by atoms with E-state index in [0.29, 0.717) is 10.6 Å². The fourth-order valence-electron chi connectivity index (χ4n) is 2.09. The topological polar surface area (TPSA) is 77.6 Å². The van der Waals surface area contributed by atoms with Crippen molar-refractivity contribution >= 4 is 23.5 Å². The van der Waals surface area contributed by atoms with Crippen LogP contribution in [0.2, 0.25) is 5.02 Å². The first-order valence-electron chi connectivity index (χ1n) is 7.16. The number of carbonyl (C=O) groups is 1. The number of hydrogen-bond acceptors (Lipinski definition) is 4. The first-order valence-corrected chi connectivity index (χ1v) is 7.54. The van der Waals surface area contributed by atoms with Crippen LogP contribution in [0.25, 0.3) is 0 Å². The maximum absolute atomic E-state index is 13.6. The molecule has 1 amide bonds. The van der Waals surface area contributed by atoms with Crippen LogP contribution in [0, 0.1) is 5.82 Å². The average molecular weight is 349 g/mol. The van der Waals surface area contributed by atoms with Crippen molar-refractivity contribution in [2.75, 3.05) is 5.32 Å². The fourth-order valence-corrected chi connectivity index (χ4v) is 2.23. The van der Waals surface area contributed by atoms with Gasteiger partial charge in [-0.1, -0.05) is 29.8 Å². The minimum absolute atomic E-state index is 0.140. The molecule has 24 heavy (non-hydrogen) atoms. The number of carbonyl (C=O) groups excluding carboxylic acids is 1. The van der Waals surface area contributed by atoms with Crippen molar-refractivity contribution in [1.29, 1.82) is 0 Å². The molecule has 1 N–H and O–H groups in total. The third kappa shape index (κ3) is 3.60. The summed E-state index contributed by atoms with van der Waals surface area (Å²) in [4.78, 5) is 16.2. The Labute approximate surface area is 142 Å². The molecule has 1 aromatic carbocycles. The molecular weight excluding hydrogens is 335 g/mol. The van der Waals surface area contributed by atoms with Crippen molar-refractivity contribution in [3.05, 3.63) is 59.4 Å². The van der Waals surface area contributed by atoms with Crippen LogP contribution in [-0.4, -0.2) is 30.5 Å². The smallest absolute Gasteiger partial charge is 0.251 e. The normalized spacial score (nSPS) is 12.1. The molecule has 9 heteroatoms. The lowest BCUT2D eigenvalue weighted by atomic mass is 10.2. The van der Waals surface area contributed by atoms with Gasteiger partial charge in [-0.3, -0.25) is 14.8 Å². The molecule has 0 radical (unpaired) electrons. The molecule has 0 spiro atoms. The molecule has 124 valence electrons. The molecule has 7 nitrogen and oxygen atoms in total. The van der Waals surface area contributed by atoms with Crippen LogP contribution in [-0.2, 0) is 11.3 Å². The monoisotopic (exact) mass is 348 g/mol. The lowest BCUT2D eigenvalue weighted by Crippen LogP contribution is -2.24. The van der Waals surface area contributed by atoms with Crippen molar-refractivity contribution < 1.29 is 9.18 Å². The van der Waals surface area contributed by atoms with Gasteiger partial charge in [-0.15, -0.1) is 5.10 Å². The van der Waals surface area contributed by atoms with E-state index >= 15 is 0 Å². The molecule has 0 aliphatic heterocycles. The largest absolute Gasteiger partial charge is 0.291 e. The molecule has 2 aromatic heterocycles. The summed E-state index contributed by atoms with van der Waals surface area (Å²) in [5, 5.41) is 11.1. The van der Waals surface area contributed by atoms with E-state index in [1.807, 2.05) is 0 Å². The second kappa shape index (κ2) is 6.79. The Morgan fingerprint density at radius 2 is 2.21 bits per heavy atom. The third-order valence-corrected chi connectivity index (χ3v) is 3.60. The first kappa shape index (κ1) is 16.1. The number of nitrogens with one attached hydrogen (secondary N) is 1. The first-order chi connectivity index (χ1) is 11.5. The van der Waals surface area contributed by atoms with Crippen molar-refractivity contribution in [1.82, 2.24) is 24.5 Å². The maximum Gasteiger partial charge on any atom is 0.251 e. The van der Waals surface area contributed by atoms with E-state index in [1.54, 1.807) is 31.3 Å². The Morgan fingerprint density at radius 1 is 1.42 bits per heavy atom. The number of anilines is 1. The molecule has 3 rings (SSSR count). The summed E-state index contributed by atoms with van der Waals surface area (Å²) >= 11 is 5.79. The summed E-state index contributed by atoms with van der Waals surface area (Å²) in [6.45, 7) is 1.90. The molecule has 2 heterocycles. The summed E-state index contributed by atoms with van der Waals surface area (Å²) < 4.78 is 16.5. The molecule has 1 unspecified atom stereocenters. The van der Waals surface area contributed by atoms with Crippen LogP contribution in [0.4, 0.5) is 10.3 Å². The highest BCUT2D eigenvalue weighted by molar-refractivity contribution is 6.30. The van der Waals surface area contributed by atoms with Gasteiger partial charge in [-0.2, -0.15) is 5.10 Å². The van der Waals surface area contributed by atoms with E-state index in [1.165, 1.54) is 28.0 Å². The van der Waals surface area contributed by atoms with Gasteiger partial charge in [0.15, 0.2) is 0 Å². The molecule has 0 saturated carbocycles. The summed E-state index contributed by atoms with van der Waals surface area (Å²) in [6, 6.07) is 5.84. The number of rotatable bonds is 5. The number of amides is 1. The highest BCUT2D eigenvalue weighted by Crippen LogP contribution is 2.13. The van der Waals surface area contributed by atoms with E-state index < -0.39 is 6.04 Å². The summed E-state index contributed by atoms with van der Waals surface area (Å²) in [5.41, 5.74) is 0.486. The average Bonchev–Trinajstić information content (AvgIpc) is 3.18. The van der Waals surface area contributed by atoms with Gasteiger partial charge in [-0.05, 0) is 13.0 Å². The number of benzene rings is 1. The van der Waals surface area contributed by atoms with Crippen LogP contribution in [0.3, 0.4) is 0 Å². The molecule has 0 aliphatic carbocycles. The molecule has 0 saturated heterocycles. The lowest BCUT2D eigenvalue weighted by molar-refractivity contribution is -0.119. The van der Waals surface area contributed by atoms with Crippen LogP contribution in [0.5, 0.6) is 0 Å². The molecule has 1 atom stereocenters. The SMILES string of the molecule is CC(C(=O)Nc1ncn(Cc2ccccc2F)n1)n1cc(Cl)cn1. The van der Waals surface area contributed by atoms with E-state index in [9.17, 15) is 9.18 Å². The molecule has 3 aromatic rings. The third-order valence-electron chi connectivity index (χ3n) is 3.41. The second-order valence-electron chi connectivity index (χ2n) is 5.16. The van der Waals surface area contributed by atoms with Crippen molar-refractivity contribution in [3.8, 4) is 0 Å². The zero-order valence-corrected chi connectivity index (χ0v) is 13.5. The van der Waals surface area contributed by atoms with E-state index in [2.05, 4.69) is 20.5 Å². The molecular formula is C15H14ClFN6O. The Balaban J connectivity index is 1.65. The van der Waals surface area contributed by atoms with E-state index in [-0.39, 0.29) is 24.2 Å². The standard InChI is InChI=1S/C15H14ClFN6O/c1-10(23-8-12(16)6-19-23)14(24)20-15-18-9-22(21-15)7-11-4-2-3-5-13(11)17/h2-6,8-10H,7H2,1H3,(H,20,21,24). The van der Waals surface area contributed by atoms with Crippen LogP contribution in [0.1, 0.15) is 18.5 Å². The minimum Gasteiger partial charge on any atom is -0.291 e. The zero-order valence-electron chi connectivity index (χ0n) is 12.7. The Hall–Kier alpha value is -2.74. The van der Waals surface area contributed by atoms with Gasteiger partial charge in [0.2, 0.25) is 5.95 Å². The second-order valence-corrected chi connectivity index (χ2v) is 5.60. The zero-order chi connectivity index (χ0) is 17.1. The highest BCUT2D eigenvalue weighted by atomic mass is 35.5. The van der Waals surface area contributed by atoms with Crippen LogP contribution < -0.4 is 5.32 Å². The Bertz CT molecular complexity index is 861. The van der Waals surface area contributed by atoms with Gasteiger partial charge in [0, 0.05) is 11.8 Å². The van der Waals surface area contributed by atoms with Gasteiger partial charge in [0.1, 0.15) is 18.2 Å². The van der Waals surface area contributed by atoms with Gasteiger partial charge in [0.05, 0.1) is 17.8 Å². The number of nitrogens with zero attached hydrogens (tertiary/aromatic N) is 5. The number of hydrogen-bond donors (Lipinski definition) is 1. The molecule has 0 bridgehead atoms. The maximum atomic E-state index is 13.6. The molecule has 0 fully saturated rings. The number of halogens is 2. The van der Waals surface area contributed by atoms with E-state index in [4.69, 9.17) is 11.6 Å². The number of aromatic nitrogens is 5. The highest BCUT2D eigenvalue weighted by Gasteiger charge is 2.17. The molecule has 0 aliphatic rings. The Kier molecular flexibility index (Phi) is 4.57. The summed E-state index contributed by atoms with van der Waals surface area (Å²) in [5.74, 6) is -0.511. The van der Waals surface area contributed by atoms with Gasteiger partial charge in [-0.25, -0.2) is 14.1 Å². The Morgan fingerprint density at radius 3 is 2.92 bits per heavy atom. The van der Waals surface area contributed by atoms with Gasteiger partial charge < -0.3 is 0 Å². The van der Waals surface area contributed by atoms with Crippen molar-refractivity contribution in [2.24, 2.45) is 0 Å². The van der Waals surface area contributed by atoms with Crippen molar-refractivity contribution in [3.63, 3.8) is 0 Å². The predicted molar refractivity (Wildman–Crippen MR) is 86.1 cm³/mol. The predicted octanol–water partition coefficient (Wildman–Crippen LogP) is 2.52.